The molecule has 1 aliphatic carbocycles. The number of amides is 1. The normalized spacial score (nSPS) is 36.2. The van der Waals surface area contributed by atoms with Crippen molar-refractivity contribution in [3.8, 4) is 0 Å². The summed E-state index contributed by atoms with van der Waals surface area (Å²) in [5.41, 5.74) is 0. The molecule has 3 rings (SSSR count). The number of rotatable bonds is 4. The van der Waals surface area contributed by atoms with Crippen LogP contribution in [-0.4, -0.2) is 35.7 Å². The molecule has 0 aromatic carbocycles. The monoisotopic (exact) mass is 279 g/mol. The van der Waals surface area contributed by atoms with E-state index in [1.54, 1.807) is 6.08 Å². The van der Waals surface area contributed by atoms with Gasteiger partial charge < -0.3 is 15.2 Å². The molecule has 110 valence electrons. The van der Waals surface area contributed by atoms with Crippen molar-refractivity contribution in [1.82, 2.24) is 5.32 Å². The molecule has 4 atom stereocenters. The molecule has 1 saturated heterocycles. The van der Waals surface area contributed by atoms with E-state index in [2.05, 4.69) is 5.32 Å². The lowest BCUT2D eigenvalue weighted by molar-refractivity contribution is -0.146. The molecule has 2 N–H and O–H groups in total. The maximum absolute atomic E-state index is 12.3. The second-order valence-corrected chi connectivity index (χ2v) is 6.09. The predicted molar refractivity (Wildman–Crippen MR) is 72.0 cm³/mol. The number of carbonyl (C=O) groups is 2. The number of hydrogen-bond donors (Lipinski definition) is 2. The first kappa shape index (κ1) is 13.6. The highest BCUT2D eigenvalue weighted by molar-refractivity contribution is 5.87. The van der Waals surface area contributed by atoms with Gasteiger partial charge in [-0.05, 0) is 18.8 Å². The second kappa shape index (κ2) is 5.56. The lowest BCUT2D eigenvalue weighted by Gasteiger charge is -2.25. The van der Waals surface area contributed by atoms with Gasteiger partial charge in [0.15, 0.2) is 0 Å². The summed E-state index contributed by atoms with van der Waals surface area (Å²) in [6.07, 6.45) is 8.84. The zero-order valence-corrected chi connectivity index (χ0v) is 11.5. The zero-order valence-electron chi connectivity index (χ0n) is 11.5. The third-order valence-electron chi connectivity index (χ3n) is 4.78. The summed E-state index contributed by atoms with van der Waals surface area (Å²) >= 11 is 0. The number of fused-ring (bicyclic) bond motifs is 2. The minimum absolute atomic E-state index is 0.167. The molecule has 5 nitrogen and oxygen atoms in total. The largest absolute Gasteiger partial charge is 0.481 e. The molecular weight excluding hydrogens is 258 g/mol. The van der Waals surface area contributed by atoms with Gasteiger partial charge in [-0.25, -0.2) is 0 Å². The molecule has 5 heteroatoms. The minimum Gasteiger partial charge on any atom is -0.481 e. The van der Waals surface area contributed by atoms with Crippen molar-refractivity contribution in [3.63, 3.8) is 0 Å². The predicted octanol–water partition coefficient (Wildman–Crippen LogP) is 1.34. The molecule has 1 saturated carbocycles. The molecule has 2 aliphatic heterocycles. The van der Waals surface area contributed by atoms with Crippen LogP contribution in [0.15, 0.2) is 12.2 Å². The van der Waals surface area contributed by atoms with E-state index in [0.29, 0.717) is 12.5 Å². The van der Waals surface area contributed by atoms with E-state index in [1.807, 2.05) is 6.08 Å². The minimum atomic E-state index is -0.945. The lowest BCUT2D eigenvalue weighted by Crippen LogP contribution is -2.43. The van der Waals surface area contributed by atoms with E-state index in [4.69, 9.17) is 4.74 Å². The van der Waals surface area contributed by atoms with Crippen molar-refractivity contribution in [1.29, 1.82) is 0 Å². The van der Waals surface area contributed by atoms with Crippen LogP contribution < -0.4 is 5.32 Å². The van der Waals surface area contributed by atoms with Gasteiger partial charge in [0, 0.05) is 6.54 Å². The highest BCUT2D eigenvalue weighted by atomic mass is 16.5. The Bertz CT molecular complexity index is 428. The molecule has 20 heavy (non-hydrogen) atoms. The van der Waals surface area contributed by atoms with Gasteiger partial charge in [0.25, 0.3) is 0 Å². The van der Waals surface area contributed by atoms with Gasteiger partial charge in [-0.1, -0.05) is 31.4 Å². The van der Waals surface area contributed by atoms with Crippen LogP contribution in [0.2, 0.25) is 0 Å². The molecule has 1 amide bonds. The number of carboxylic acid groups (broad SMARTS) is 1. The summed E-state index contributed by atoms with van der Waals surface area (Å²) in [6, 6.07) is 0. The lowest BCUT2D eigenvalue weighted by atomic mass is 9.82. The number of aliphatic carboxylic acids is 1. The van der Waals surface area contributed by atoms with Gasteiger partial charge in [-0.2, -0.15) is 0 Å². The molecule has 0 unspecified atom stereocenters. The fourth-order valence-corrected chi connectivity index (χ4v) is 3.67. The Hall–Kier alpha value is -1.36. The maximum atomic E-state index is 12.3. The van der Waals surface area contributed by atoms with Gasteiger partial charge >= 0.3 is 5.97 Å². The first-order valence-electron chi connectivity index (χ1n) is 7.51. The smallest absolute Gasteiger partial charge is 0.310 e. The quantitative estimate of drug-likeness (QED) is 0.761. The fourth-order valence-electron chi connectivity index (χ4n) is 3.67. The van der Waals surface area contributed by atoms with Crippen LogP contribution in [0.5, 0.6) is 0 Å². The van der Waals surface area contributed by atoms with Crippen LogP contribution in [0, 0.1) is 17.8 Å². The summed E-state index contributed by atoms with van der Waals surface area (Å²) in [5.74, 6) is -1.88. The maximum Gasteiger partial charge on any atom is 0.310 e. The standard InChI is InChI=1S/C15H21NO4/c17-14(16-8-9-4-2-1-3-5-9)12-10-6-7-11(20-10)13(12)15(18)19/h6-7,9-13H,1-5,8H2,(H,16,17)(H,18,19)/t10-,11-,12-,13-/m0/s1. The van der Waals surface area contributed by atoms with Crippen molar-refractivity contribution in [2.45, 2.75) is 44.3 Å². The Balaban J connectivity index is 1.58. The van der Waals surface area contributed by atoms with Crippen LogP contribution in [0.3, 0.4) is 0 Å². The summed E-state index contributed by atoms with van der Waals surface area (Å²) in [4.78, 5) is 23.6. The van der Waals surface area contributed by atoms with Crippen molar-refractivity contribution >= 4 is 11.9 Å². The Morgan fingerprint density at radius 1 is 1.10 bits per heavy atom. The third kappa shape index (κ3) is 2.46. The molecule has 0 aromatic heterocycles. The van der Waals surface area contributed by atoms with Crippen LogP contribution in [0.25, 0.3) is 0 Å². The van der Waals surface area contributed by atoms with E-state index in [-0.39, 0.29) is 12.0 Å². The molecule has 2 heterocycles. The third-order valence-corrected chi connectivity index (χ3v) is 4.78. The summed E-state index contributed by atoms with van der Waals surface area (Å²) in [7, 11) is 0. The van der Waals surface area contributed by atoms with Gasteiger partial charge in [-0.3, -0.25) is 9.59 Å². The number of ether oxygens (including phenoxy) is 1. The van der Waals surface area contributed by atoms with Crippen molar-refractivity contribution in [2.24, 2.45) is 17.8 Å². The zero-order chi connectivity index (χ0) is 14.1. The fraction of sp³-hybridized carbons (Fsp3) is 0.733. The second-order valence-electron chi connectivity index (χ2n) is 6.09. The highest BCUT2D eigenvalue weighted by Crippen LogP contribution is 2.39. The SMILES string of the molecule is O=C(O)[C@@H]1[C@@H](C(=O)NCC2CCCCC2)[C@@H]2C=C[C@@H]1O2. The molecule has 0 spiro atoms. The molecule has 0 aromatic rings. The van der Waals surface area contributed by atoms with E-state index in [0.717, 1.165) is 12.8 Å². The topological polar surface area (TPSA) is 75.6 Å². The number of hydrogen-bond acceptors (Lipinski definition) is 3. The van der Waals surface area contributed by atoms with Gasteiger partial charge in [0.1, 0.15) is 5.92 Å². The Labute approximate surface area is 118 Å². The number of nitrogens with one attached hydrogen (secondary N) is 1. The van der Waals surface area contributed by atoms with E-state index in [1.165, 1.54) is 19.3 Å². The molecule has 2 bridgehead atoms. The van der Waals surface area contributed by atoms with Crippen LogP contribution in [0.4, 0.5) is 0 Å². The first-order chi connectivity index (χ1) is 9.66. The van der Waals surface area contributed by atoms with Crippen molar-refractivity contribution < 1.29 is 19.4 Å². The highest BCUT2D eigenvalue weighted by Gasteiger charge is 2.53. The number of carbonyl (C=O) groups excluding carboxylic acids is 1. The van der Waals surface area contributed by atoms with Gasteiger partial charge in [0.2, 0.25) is 5.91 Å². The summed E-state index contributed by atoms with van der Waals surface area (Å²) < 4.78 is 5.52. The van der Waals surface area contributed by atoms with Crippen LogP contribution in [-0.2, 0) is 14.3 Å². The van der Waals surface area contributed by atoms with Gasteiger partial charge in [0.05, 0.1) is 18.1 Å². The first-order valence-corrected chi connectivity index (χ1v) is 7.51. The Kier molecular flexibility index (Phi) is 3.78. The van der Waals surface area contributed by atoms with Crippen molar-refractivity contribution in [2.75, 3.05) is 6.54 Å². The molecular formula is C15H21NO4. The average Bonchev–Trinajstić information content (AvgIpc) is 3.06. The summed E-state index contributed by atoms with van der Waals surface area (Å²) in [6.45, 7) is 0.669. The average molecular weight is 279 g/mol. The van der Waals surface area contributed by atoms with Crippen molar-refractivity contribution in [3.05, 3.63) is 12.2 Å². The number of carboxylic acids is 1. The molecule has 0 radical (unpaired) electrons. The summed E-state index contributed by atoms with van der Waals surface area (Å²) in [5, 5.41) is 12.2. The van der Waals surface area contributed by atoms with E-state index >= 15 is 0 Å². The van der Waals surface area contributed by atoms with E-state index < -0.39 is 23.9 Å². The Morgan fingerprint density at radius 3 is 2.40 bits per heavy atom. The Morgan fingerprint density at radius 2 is 1.75 bits per heavy atom. The molecule has 3 aliphatic rings. The van der Waals surface area contributed by atoms with Crippen LogP contribution >= 0.6 is 0 Å². The van der Waals surface area contributed by atoms with Crippen LogP contribution in [0.1, 0.15) is 32.1 Å². The van der Waals surface area contributed by atoms with E-state index in [9.17, 15) is 14.7 Å². The molecule has 2 fully saturated rings. The van der Waals surface area contributed by atoms with Gasteiger partial charge in [-0.15, -0.1) is 0 Å².